The average Bonchev–Trinajstić information content (AvgIpc) is 3.36. The van der Waals surface area contributed by atoms with E-state index < -0.39 is 0 Å². The molecule has 0 radical (unpaired) electrons. The summed E-state index contributed by atoms with van der Waals surface area (Å²) in [6, 6.07) is 10.3. The van der Waals surface area contributed by atoms with Crippen LogP contribution in [0.4, 0.5) is 0 Å². The van der Waals surface area contributed by atoms with E-state index >= 15 is 0 Å². The highest BCUT2D eigenvalue weighted by Crippen LogP contribution is 2.22. The fraction of sp³-hybridized carbons (Fsp3) is 0.500. The standard InChI is InChI=1S/C22H28N4O2/c27-21(23-14-13-16-8-2-1-3-9-16)19-18-12-6-7-15-26(18)20(25-19)22(28)24-17-10-4-5-11-17/h1-3,8-9,17H,4-7,10-15H2,(H,23,27)(H,24,28). The number of hydrogen-bond acceptors (Lipinski definition) is 3. The second-order valence-corrected chi connectivity index (χ2v) is 7.79. The maximum absolute atomic E-state index is 12.8. The molecule has 148 valence electrons. The number of nitrogens with zero attached hydrogens (tertiary/aromatic N) is 2. The molecule has 0 atom stereocenters. The van der Waals surface area contributed by atoms with E-state index in [1.54, 1.807) is 0 Å². The van der Waals surface area contributed by atoms with Gasteiger partial charge < -0.3 is 15.2 Å². The Balaban J connectivity index is 1.46. The van der Waals surface area contributed by atoms with Gasteiger partial charge in [-0.1, -0.05) is 43.2 Å². The maximum Gasteiger partial charge on any atom is 0.287 e. The Hall–Kier alpha value is -2.63. The number of carbonyl (C=O) groups excluding carboxylic acids is 2. The van der Waals surface area contributed by atoms with Crippen molar-refractivity contribution < 1.29 is 9.59 Å². The molecule has 1 aromatic heterocycles. The van der Waals surface area contributed by atoms with E-state index in [1.165, 1.54) is 18.4 Å². The van der Waals surface area contributed by atoms with Crippen molar-refractivity contribution in [3.8, 4) is 0 Å². The van der Waals surface area contributed by atoms with Crippen LogP contribution in [0.15, 0.2) is 30.3 Å². The van der Waals surface area contributed by atoms with Gasteiger partial charge in [-0.15, -0.1) is 0 Å². The fourth-order valence-corrected chi connectivity index (χ4v) is 4.27. The zero-order chi connectivity index (χ0) is 19.3. The number of imidazole rings is 1. The van der Waals surface area contributed by atoms with Crippen LogP contribution in [0.1, 0.15) is 70.9 Å². The minimum atomic E-state index is -0.179. The van der Waals surface area contributed by atoms with Gasteiger partial charge in [-0.3, -0.25) is 9.59 Å². The molecule has 0 bridgehead atoms. The first-order valence-corrected chi connectivity index (χ1v) is 10.4. The first-order chi connectivity index (χ1) is 13.7. The van der Waals surface area contributed by atoms with E-state index in [2.05, 4.69) is 27.8 Å². The molecule has 0 unspecified atom stereocenters. The molecule has 6 heteroatoms. The minimum Gasteiger partial charge on any atom is -0.350 e. The molecule has 2 N–H and O–H groups in total. The molecule has 1 aromatic carbocycles. The summed E-state index contributed by atoms with van der Waals surface area (Å²) in [5.74, 6) is 0.0784. The van der Waals surface area contributed by atoms with Gasteiger partial charge in [-0.25, -0.2) is 4.98 Å². The van der Waals surface area contributed by atoms with Crippen LogP contribution in [-0.2, 0) is 19.4 Å². The molecule has 4 rings (SSSR count). The van der Waals surface area contributed by atoms with E-state index in [0.717, 1.165) is 50.8 Å². The van der Waals surface area contributed by atoms with Crippen LogP contribution in [0.3, 0.4) is 0 Å². The SMILES string of the molecule is O=C(NCCc1ccccc1)c1nc(C(=O)NC2CCCC2)n2c1CCCC2. The quantitative estimate of drug-likeness (QED) is 0.809. The zero-order valence-electron chi connectivity index (χ0n) is 16.2. The second-order valence-electron chi connectivity index (χ2n) is 7.79. The maximum atomic E-state index is 12.8. The van der Waals surface area contributed by atoms with E-state index in [0.29, 0.717) is 18.1 Å². The van der Waals surface area contributed by atoms with Gasteiger partial charge in [0.25, 0.3) is 11.8 Å². The molecule has 28 heavy (non-hydrogen) atoms. The van der Waals surface area contributed by atoms with Gasteiger partial charge in [0.05, 0.1) is 5.69 Å². The highest BCUT2D eigenvalue weighted by atomic mass is 16.2. The predicted molar refractivity (Wildman–Crippen MR) is 107 cm³/mol. The minimum absolute atomic E-state index is 0.140. The molecule has 1 saturated carbocycles. The molecule has 2 aliphatic rings. The van der Waals surface area contributed by atoms with E-state index in [1.807, 2.05) is 22.8 Å². The first-order valence-electron chi connectivity index (χ1n) is 10.4. The summed E-state index contributed by atoms with van der Waals surface area (Å²) in [4.78, 5) is 30.0. The number of fused-ring (bicyclic) bond motifs is 1. The number of nitrogens with one attached hydrogen (secondary N) is 2. The van der Waals surface area contributed by atoms with Crippen LogP contribution in [0.5, 0.6) is 0 Å². The molecule has 1 aliphatic carbocycles. The monoisotopic (exact) mass is 380 g/mol. The molecule has 0 saturated heterocycles. The number of amides is 2. The number of aromatic nitrogens is 2. The Morgan fingerprint density at radius 1 is 1.04 bits per heavy atom. The number of benzene rings is 1. The number of carbonyl (C=O) groups is 2. The van der Waals surface area contributed by atoms with Gasteiger partial charge in [0, 0.05) is 19.1 Å². The summed E-state index contributed by atoms with van der Waals surface area (Å²) in [6.07, 6.45) is 8.02. The lowest BCUT2D eigenvalue weighted by atomic mass is 10.1. The Kier molecular flexibility index (Phi) is 5.74. The molecule has 1 fully saturated rings. The predicted octanol–water partition coefficient (Wildman–Crippen LogP) is 2.86. The van der Waals surface area contributed by atoms with Crippen molar-refractivity contribution in [2.45, 2.75) is 64.0 Å². The highest BCUT2D eigenvalue weighted by molar-refractivity contribution is 5.97. The van der Waals surface area contributed by atoms with Gasteiger partial charge in [0.15, 0.2) is 5.82 Å². The van der Waals surface area contributed by atoms with Gasteiger partial charge in [-0.05, 0) is 44.1 Å². The van der Waals surface area contributed by atoms with Gasteiger partial charge in [-0.2, -0.15) is 0 Å². The number of hydrogen-bond donors (Lipinski definition) is 2. The highest BCUT2D eigenvalue weighted by Gasteiger charge is 2.28. The lowest BCUT2D eigenvalue weighted by Crippen LogP contribution is -2.35. The van der Waals surface area contributed by atoms with Crippen molar-refractivity contribution in [3.63, 3.8) is 0 Å². The summed E-state index contributed by atoms with van der Waals surface area (Å²) in [5, 5.41) is 6.08. The van der Waals surface area contributed by atoms with Crippen LogP contribution in [0.2, 0.25) is 0 Å². The average molecular weight is 380 g/mol. The Morgan fingerprint density at radius 3 is 2.61 bits per heavy atom. The largest absolute Gasteiger partial charge is 0.350 e. The van der Waals surface area contributed by atoms with E-state index in [-0.39, 0.29) is 17.9 Å². The van der Waals surface area contributed by atoms with Gasteiger partial charge in [0.2, 0.25) is 0 Å². The molecule has 2 heterocycles. The molecule has 1 aliphatic heterocycles. The summed E-state index contributed by atoms with van der Waals surface area (Å²) < 4.78 is 1.96. The Labute approximate surface area is 165 Å². The molecule has 2 amide bonds. The van der Waals surface area contributed by atoms with Crippen LogP contribution in [0.25, 0.3) is 0 Å². The summed E-state index contributed by atoms with van der Waals surface area (Å²) in [6.45, 7) is 1.31. The van der Waals surface area contributed by atoms with Gasteiger partial charge in [0.1, 0.15) is 5.69 Å². The molecule has 6 nitrogen and oxygen atoms in total. The first kappa shape index (κ1) is 18.7. The zero-order valence-corrected chi connectivity index (χ0v) is 16.2. The van der Waals surface area contributed by atoms with Crippen LogP contribution < -0.4 is 10.6 Å². The Bertz CT molecular complexity index is 838. The van der Waals surface area contributed by atoms with Crippen molar-refractivity contribution in [2.75, 3.05) is 6.54 Å². The molecule has 0 spiro atoms. The summed E-state index contributed by atoms with van der Waals surface area (Å²) >= 11 is 0. The normalized spacial score (nSPS) is 16.6. The topological polar surface area (TPSA) is 76.0 Å². The second kappa shape index (κ2) is 8.59. The third-order valence-corrected chi connectivity index (χ3v) is 5.77. The third-order valence-electron chi connectivity index (χ3n) is 5.77. The number of rotatable bonds is 6. The van der Waals surface area contributed by atoms with Crippen molar-refractivity contribution in [3.05, 3.63) is 53.1 Å². The molecule has 2 aromatic rings. The third kappa shape index (κ3) is 4.11. The fourth-order valence-electron chi connectivity index (χ4n) is 4.27. The Morgan fingerprint density at radius 2 is 1.82 bits per heavy atom. The van der Waals surface area contributed by atoms with Gasteiger partial charge >= 0.3 is 0 Å². The lowest BCUT2D eigenvalue weighted by molar-refractivity contribution is 0.0921. The summed E-state index contributed by atoms with van der Waals surface area (Å²) in [5.41, 5.74) is 2.51. The van der Waals surface area contributed by atoms with Crippen LogP contribution in [-0.4, -0.2) is 34.0 Å². The van der Waals surface area contributed by atoms with Crippen LogP contribution in [0, 0.1) is 0 Å². The molecular formula is C22H28N4O2. The van der Waals surface area contributed by atoms with Crippen molar-refractivity contribution in [1.82, 2.24) is 20.2 Å². The lowest BCUT2D eigenvalue weighted by Gasteiger charge is -2.18. The van der Waals surface area contributed by atoms with Crippen molar-refractivity contribution in [2.24, 2.45) is 0 Å². The van der Waals surface area contributed by atoms with Crippen molar-refractivity contribution >= 4 is 11.8 Å². The van der Waals surface area contributed by atoms with E-state index in [9.17, 15) is 9.59 Å². The van der Waals surface area contributed by atoms with Crippen LogP contribution >= 0.6 is 0 Å². The molecular weight excluding hydrogens is 352 g/mol. The summed E-state index contributed by atoms with van der Waals surface area (Å²) in [7, 11) is 0. The smallest absolute Gasteiger partial charge is 0.287 e. The van der Waals surface area contributed by atoms with E-state index in [4.69, 9.17) is 0 Å². The van der Waals surface area contributed by atoms with Crippen molar-refractivity contribution in [1.29, 1.82) is 0 Å².